The van der Waals surface area contributed by atoms with E-state index in [1.165, 1.54) is 0 Å². The molecule has 0 heterocycles. The van der Waals surface area contributed by atoms with Gasteiger partial charge >= 0.3 is 0 Å². The first-order valence-electron chi connectivity index (χ1n) is 4.94. The van der Waals surface area contributed by atoms with E-state index in [2.05, 4.69) is 5.32 Å². The number of rotatable bonds is 2. The van der Waals surface area contributed by atoms with Gasteiger partial charge in [-0.25, -0.2) is 17.6 Å². The smallest absolute Gasteiger partial charge is 0.151 e. The van der Waals surface area contributed by atoms with Gasteiger partial charge in [-0.05, 0) is 24.3 Å². The summed E-state index contributed by atoms with van der Waals surface area (Å²) in [5.74, 6) is -3.53. The van der Waals surface area contributed by atoms with Crippen molar-refractivity contribution in [2.75, 3.05) is 11.1 Å². The first kappa shape index (κ1) is 12.2. The number of nitrogens with two attached hydrogens (primary N) is 1. The topological polar surface area (TPSA) is 38.0 Å². The van der Waals surface area contributed by atoms with Gasteiger partial charge in [-0.15, -0.1) is 0 Å². The maximum Gasteiger partial charge on any atom is 0.151 e. The van der Waals surface area contributed by atoms with Crippen molar-refractivity contribution in [1.82, 2.24) is 0 Å². The van der Waals surface area contributed by atoms with Gasteiger partial charge in [-0.2, -0.15) is 0 Å². The number of nitrogens with one attached hydrogen (secondary N) is 1. The molecule has 0 bridgehead atoms. The highest BCUT2D eigenvalue weighted by Crippen LogP contribution is 2.27. The van der Waals surface area contributed by atoms with Gasteiger partial charge in [0.15, 0.2) is 11.6 Å². The summed E-state index contributed by atoms with van der Waals surface area (Å²) in [5.41, 5.74) is 4.18. The van der Waals surface area contributed by atoms with E-state index in [1.807, 2.05) is 0 Å². The van der Waals surface area contributed by atoms with Gasteiger partial charge in [0.2, 0.25) is 0 Å². The molecule has 0 aliphatic heterocycles. The summed E-state index contributed by atoms with van der Waals surface area (Å²) in [7, 11) is 0. The largest absolute Gasteiger partial charge is 0.399 e. The lowest BCUT2D eigenvalue weighted by Gasteiger charge is -2.10. The summed E-state index contributed by atoms with van der Waals surface area (Å²) in [5, 5.41) is 2.16. The van der Waals surface area contributed by atoms with E-state index in [4.69, 9.17) is 5.73 Å². The van der Waals surface area contributed by atoms with Crippen LogP contribution in [0.2, 0.25) is 0 Å². The zero-order chi connectivity index (χ0) is 13.3. The van der Waals surface area contributed by atoms with Crippen molar-refractivity contribution in [2.45, 2.75) is 0 Å². The summed E-state index contributed by atoms with van der Waals surface area (Å²) in [6, 6.07) is 4.30. The number of hydrogen-bond donors (Lipinski definition) is 2. The molecule has 0 saturated heterocycles. The standard InChI is InChI=1S/C12H8F4N2/c13-6-1-2-8(14)11(3-6)18-12-9(15)4-7(17)5-10(12)16/h1-5,18H,17H2. The van der Waals surface area contributed by atoms with Crippen LogP contribution in [0.25, 0.3) is 0 Å². The van der Waals surface area contributed by atoms with Crippen LogP contribution in [-0.4, -0.2) is 0 Å². The van der Waals surface area contributed by atoms with E-state index >= 15 is 0 Å². The van der Waals surface area contributed by atoms with Gasteiger partial charge in [0.05, 0.1) is 5.69 Å². The molecule has 0 atom stereocenters. The Bertz CT molecular complexity index is 576. The molecule has 18 heavy (non-hydrogen) atoms. The van der Waals surface area contributed by atoms with Crippen LogP contribution >= 0.6 is 0 Å². The van der Waals surface area contributed by atoms with Crippen LogP contribution in [-0.2, 0) is 0 Å². The van der Waals surface area contributed by atoms with Gasteiger partial charge in [0.25, 0.3) is 0 Å². The summed E-state index contributed by atoms with van der Waals surface area (Å²) in [6.07, 6.45) is 0. The highest BCUT2D eigenvalue weighted by molar-refractivity contribution is 5.63. The van der Waals surface area contributed by atoms with E-state index < -0.39 is 29.0 Å². The van der Waals surface area contributed by atoms with Crippen LogP contribution in [0, 0.1) is 23.3 Å². The zero-order valence-corrected chi connectivity index (χ0v) is 8.98. The van der Waals surface area contributed by atoms with Crippen molar-refractivity contribution in [2.24, 2.45) is 0 Å². The summed E-state index contributed by atoms with van der Waals surface area (Å²) in [4.78, 5) is 0. The van der Waals surface area contributed by atoms with E-state index in [0.29, 0.717) is 0 Å². The lowest BCUT2D eigenvalue weighted by Crippen LogP contribution is -2.01. The third kappa shape index (κ3) is 2.37. The second-order valence-electron chi connectivity index (χ2n) is 3.61. The lowest BCUT2D eigenvalue weighted by atomic mass is 10.2. The van der Waals surface area contributed by atoms with E-state index in [0.717, 1.165) is 30.3 Å². The highest BCUT2D eigenvalue weighted by atomic mass is 19.1. The van der Waals surface area contributed by atoms with Crippen molar-refractivity contribution in [3.05, 3.63) is 53.6 Å². The van der Waals surface area contributed by atoms with Crippen molar-refractivity contribution < 1.29 is 17.6 Å². The minimum absolute atomic E-state index is 0.102. The van der Waals surface area contributed by atoms with Crippen LogP contribution in [0.15, 0.2) is 30.3 Å². The van der Waals surface area contributed by atoms with Crippen LogP contribution in [0.4, 0.5) is 34.6 Å². The Morgan fingerprint density at radius 1 is 0.833 bits per heavy atom. The Kier molecular flexibility index (Phi) is 3.10. The average Bonchev–Trinajstić information content (AvgIpc) is 2.28. The summed E-state index contributed by atoms with van der Waals surface area (Å²) in [6.45, 7) is 0. The van der Waals surface area contributed by atoms with Crippen LogP contribution in [0.5, 0.6) is 0 Å². The van der Waals surface area contributed by atoms with Crippen molar-refractivity contribution >= 4 is 17.1 Å². The molecule has 2 nitrogen and oxygen atoms in total. The van der Waals surface area contributed by atoms with Gasteiger partial charge in [0, 0.05) is 11.8 Å². The molecule has 0 saturated carbocycles. The second kappa shape index (κ2) is 4.56. The molecule has 0 radical (unpaired) electrons. The third-order valence-electron chi connectivity index (χ3n) is 2.25. The average molecular weight is 256 g/mol. The third-order valence-corrected chi connectivity index (χ3v) is 2.25. The highest BCUT2D eigenvalue weighted by Gasteiger charge is 2.13. The fourth-order valence-electron chi connectivity index (χ4n) is 1.44. The molecule has 3 N–H and O–H groups in total. The number of benzene rings is 2. The molecular weight excluding hydrogens is 248 g/mol. The molecule has 2 rings (SSSR count). The van der Waals surface area contributed by atoms with Crippen molar-refractivity contribution in [3.8, 4) is 0 Å². The predicted octanol–water partition coefficient (Wildman–Crippen LogP) is 3.57. The Hall–Kier alpha value is -2.24. The monoisotopic (exact) mass is 256 g/mol. The normalized spacial score (nSPS) is 10.4. The predicted molar refractivity (Wildman–Crippen MR) is 60.4 cm³/mol. The quantitative estimate of drug-likeness (QED) is 0.636. The maximum absolute atomic E-state index is 13.4. The van der Waals surface area contributed by atoms with Gasteiger partial charge in [-0.1, -0.05) is 0 Å². The van der Waals surface area contributed by atoms with Gasteiger partial charge in [-0.3, -0.25) is 0 Å². The molecule has 94 valence electrons. The molecular formula is C12H8F4N2. The molecule has 0 unspecified atom stereocenters. The molecule has 0 aliphatic rings. The summed E-state index contributed by atoms with van der Waals surface area (Å²) < 4.78 is 53.1. The summed E-state index contributed by atoms with van der Waals surface area (Å²) >= 11 is 0. The Morgan fingerprint density at radius 2 is 1.44 bits per heavy atom. The molecule has 2 aromatic rings. The second-order valence-corrected chi connectivity index (χ2v) is 3.61. The van der Waals surface area contributed by atoms with Crippen molar-refractivity contribution in [3.63, 3.8) is 0 Å². The van der Waals surface area contributed by atoms with Gasteiger partial charge in [0.1, 0.15) is 17.3 Å². The fraction of sp³-hybridized carbons (Fsp3) is 0. The lowest BCUT2D eigenvalue weighted by molar-refractivity contribution is 0.588. The Balaban J connectivity index is 2.43. The van der Waals surface area contributed by atoms with E-state index in [9.17, 15) is 17.6 Å². The van der Waals surface area contributed by atoms with E-state index in [1.54, 1.807) is 0 Å². The van der Waals surface area contributed by atoms with Gasteiger partial charge < -0.3 is 11.1 Å². The van der Waals surface area contributed by atoms with Crippen LogP contribution in [0.3, 0.4) is 0 Å². The minimum Gasteiger partial charge on any atom is -0.399 e. The zero-order valence-electron chi connectivity index (χ0n) is 8.98. The van der Waals surface area contributed by atoms with Crippen molar-refractivity contribution in [1.29, 1.82) is 0 Å². The molecule has 6 heteroatoms. The molecule has 0 spiro atoms. The number of halogens is 4. The minimum atomic E-state index is -0.990. The Labute approximate surface area is 100 Å². The van der Waals surface area contributed by atoms with Crippen LogP contribution in [0.1, 0.15) is 0 Å². The fourth-order valence-corrected chi connectivity index (χ4v) is 1.44. The molecule has 0 amide bonds. The molecule has 2 aromatic carbocycles. The van der Waals surface area contributed by atoms with Crippen LogP contribution < -0.4 is 11.1 Å². The Morgan fingerprint density at radius 3 is 2.06 bits per heavy atom. The number of hydrogen-bond acceptors (Lipinski definition) is 2. The number of nitrogen functional groups attached to an aromatic ring is 1. The van der Waals surface area contributed by atoms with E-state index in [-0.39, 0.29) is 11.4 Å². The molecule has 0 aliphatic carbocycles. The number of anilines is 3. The molecule has 0 aromatic heterocycles. The first-order valence-corrected chi connectivity index (χ1v) is 4.94. The SMILES string of the molecule is Nc1cc(F)c(Nc2cc(F)ccc2F)c(F)c1. The molecule has 0 fully saturated rings. The first-order chi connectivity index (χ1) is 8.47. The maximum atomic E-state index is 13.4.